The van der Waals surface area contributed by atoms with Crippen molar-refractivity contribution in [2.24, 2.45) is 0 Å². The van der Waals surface area contributed by atoms with Crippen LogP contribution in [-0.2, 0) is 0 Å². The molecule has 110 valence electrons. The lowest BCUT2D eigenvalue weighted by Gasteiger charge is -2.08. The van der Waals surface area contributed by atoms with Crippen molar-refractivity contribution in [3.05, 3.63) is 58.9 Å². The van der Waals surface area contributed by atoms with E-state index in [9.17, 15) is 18.0 Å². The van der Waals surface area contributed by atoms with Crippen molar-refractivity contribution in [3.63, 3.8) is 0 Å². The number of halogens is 4. The fraction of sp³-hybridized carbons (Fsp3) is 0.0714. The van der Waals surface area contributed by atoms with E-state index in [1.165, 1.54) is 36.4 Å². The van der Waals surface area contributed by atoms with Gasteiger partial charge in [-0.3, -0.25) is 4.79 Å². The van der Waals surface area contributed by atoms with Gasteiger partial charge in [0.15, 0.2) is 0 Å². The van der Waals surface area contributed by atoms with Crippen LogP contribution in [0.1, 0.15) is 10.4 Å². The van der Waals surface area contributed by atoms with Gasteiger partial charge in [0.05, 0.1) is 5.56 Å². The average Bonchev–Trinajstić information content (AvgIpc) is 2.43. The van der Waals surface area contributed by atoms with Crippen molar-refractivity contribution in [1.82, 2.24) is 0 Å². The zero-order valence-corrected chi connectivity index (χ0v) is 11.2. The number of rotatable bonds is 4. The molecule has 2 rings (SSSR count). The van der Waals surface area contributed by atoms with E-state index in [2.05, 4.69) is 10.1 Å². The topological polar surface area (TPSA) is 38.3 Å². The van der Waals surface area contributed by atoms with Crippen LogP contribution in [0, 0.1) is 5.82 Å². The maximum atomic E-state index is 13.5. The number of hydrogen-bond donors (Lipinski definition) is 1. The van der Waals surface area contributed by atoms with Crippen LogP contribution < -0.4 is 10.1 Å². The number of alkyl halides is 2. The molecule has 21 heavy (non-hydrogen) atoms. The van der Waals surface area contributed by atoms with E-state index < -0.39 is 18.3 Å². The minimum absolute atomic E-state index is 0.0445. The van der Waals surface area contributed by atoms with E-state index in [1.54, 1.807) is 0 Å². The second-order valence-electron chi connectivity index (χ2n) is 3.98. The Labute approximate surface area is 123 Å². The van der Waals surface area contributed by atoms with E-state index in [0.29, 0.717) is 5.69 Å². The lowest BCUT2D eigenvalue weighted by Crippen LogP contribution is -2.13. The summed E-state index contributed by atoms with van der Waals surface area (Å²) < 4.78 is 41.7. The molecule has 1 amide bonds. The number of ether oxygens (including phenoxy) is 1. The molecule has 0 aliphatic carbocycles. The minimum Gasteiger partial charge on any atom is -0.435 e. The summed E-state index contributed by atoms with van der Waals surface area (Å²) in [5, 5.41) is 2.65. The lowest BCUT2D eigenvalue weighted by molar-refractivity contribution is -0.0498. The summed E-state index contributed by atoms with van der Waals surface area (Å²) in [6.07, 6.45) is 0. The Morgan fingerprint density at radius 3 is 2.43 bits per heavy atom. The third-order valence-electron chi connectivity index (χ3n) is 2.51. The van der Waals surface area contributed by atoms with Gasteiger partial charge in [0.2, 0.25) is 0 Å². The summed E-state index contributed by atoms with van der Waals surface area (Å²) in [4.78, 5) is 11.9. The molecule has 0 aliphatic rings. The van der Waals surface area contributed by atoms with E-state index in [-0.39, 0.29) is 16.3 Å². The number of carbonyl (C=O) groups is 1. The molecule has 0 radical (unpaired) electrons. The molecule has 0 unspecified atom stereocenters. The zero-order chi connectivity index (χ0) is 15.4. The molecule has 0 aromatic heterocycles. The van der Waals surface area contributed by atoms with Gasteiger partial charge in [-0.1, -0.05) is 11.6 Å². The lowest BCUT2D eigenvalue weighted by atomic mass is 10.2. The van der Waals surface area contributed by atoms with Gasteiger partial charge < -0.3 is 10.1 Å². The molecular formula is C14H9ClF3NO2. The molecule has 1 N–H and O–H groups in total. The highest BCUT2D eigenvalue weighted by molar-refractivity contribution is 6.31. The van der Waals surface area contributed by atoms with Gasteiger partial charge in [-0.15, -0.1) is 0 Å². The predicted molar refractivity (Wildman–Crippen MR) is 72.4 cm³/mol. The summed E-state index contributed by atoms with van der Waals surface area (Å²) in [7, 11) is 0. The molecule has 0 fully saturated rings. The minimum atomic E-state index is -2.93. The fourth-order valence-electron chi connectivity index (χ4n) is 1.59. The fourth-order valence-corrected chi connectivity index (χ4v) is 1.76. The van der Waals surface area contributed by atoms with Crippen molar-refractivity contribution in [3.8, 4) is 5.75 Å². The second kappa shape index (κ2) is 6.49. The van der Waals surface area contributed by atoms with Crippen LogP contribution in [0.25, 0.3) is 0 Å². The van der Waals surface area contributed by atoms with Crippen LogP contribution in [0.15, 0.2) is 42.5 Å². The van der Waals surface area contributed by atoms with E-state index in [4.69, 9.17) is 11.6 Å². The number of amides is 1. The maximum absolute atomic E-state index is 13.5. The first-order valence-corrected chi connectivity index (χ1v) is 6.15. The Balaban J connectivity index is 2.10. The molecule has 2 aromatic rings. The summed E-state index contributed by atoms with van der Waals surface area (Å²) >= 11 is 5.70. The smallest absolute Gasteiger partial charge is 0.387 e. The van der Waals surface area contributed by atoms with Crippen molar-refractivity contribution >= 4 is 23.2 Å². The SMILES string of the molecule is O=C(Nc1ccc(OC(F)F)cc1)c1cc(Cl)ccc1F. The maximum Gasteiger partial charge on any atom is 0.387 e. The van der Waals surface area contributed by atoms with Gasteiger partial charge in [0.1, 0.15) is 11.6 Å². The first-order chi connectivity index (χ1) is 9.95. The highest BCUT2D eigenvalue weighted by Crippen LogP contribution is 2.20. The van der Waals surface area contributed by atoms with Gasteiger partial charge in [0.25, 0.3) is 5.91 Å². The molecule has 0 saturated heterocycles. The Kier molecular flexibility index (Phi) is 4.70. The van der Waals surface area contributed by atoms with Crippen LogP contribution in [-0.4, -0.2) is 12.5 Å². The Hall–Kier alpha value is -2.21. The largest absolute Gasteiger partial charge is 0.435 e. The van der Waals surface area contributed by atoms with E-state index in [1.807, 2.05) is 0 Å². The van der Waals surface area contributed by atoms with Gasteiger partial charge in [-0.2, -0.15) is 8.78 Å². The first-order valence-electron chi connectivity index (χ1n) is 5.77. The monoisotopic (exact) mass is 315 g/mol. The highest BCUT2D eigenvalue weighted by Gasteiger charge is 2.12. The number of anilines is 1. The number of carbonyl (C=O) groups excluding carboxylic acids is 1. The van der Waals surface area contributed by atoms with Crippen LogP contribution in [0.4, 0.5) is 18.9 Å². The predicted octanol–water partition coefficient (Wildman–Crippen LogP) is 4.33. The molecule has 0 spiro atoms. The average molecular weight is 316 g/mol. The van der Waals surface area contributed by atoms with Gasteiger partial charge in [0, 0.05) is 10.7 Å². The molecule has 7 heteroatoms. The molecule has 0 atom stereocenters. The van der Waals surface area contributed by atoms with Crippen LogP contribution in [0.2, 0.25) is 5.02 Å². The van der Waals surface area contributed by atoms with E-state index in [0.717, 1.165) is 6.07 Å². The van der Waals surface area contributed by atoms with Crippen LogP contribution in [0.5, 0.6) is 5.75 Å². The number of benzene rings is 2. The quantitative estimate of drug-likeness (QED) is 0.912. The third kappa shape index (κ3) is 4.13. The Morgan fingerprint density at radius 1 is 1.14 bits per heavy atom. The van der Waals surface area contributed by atoms with Crippen LogP contribution in [0.3, 0.4) is 0 Å². The molecule has 0 bridgehead atoms. The highest BCUT2D eigenvalue weighted by atomic mass is 35.5. The van der Waals surface area contributed by atoms with Gasteiger partial charge >= 0.3 is 6.61 Å². The van der Waals surface area contributed by atoms with Crippen molar-refractivity contribution in [2.75, 3.05) is 5.32 Å². The summed E-state index contributed by atoms with van der Waals surface area (Å²) in [6, 6.07) is 8.84. The molecular weight excluding hydrogens is 307 g/mol. The number of hydrogen-bond acceptors (Lipinski definition) is 2. The van der Waals surface area contributed by atoms with Crippen molar-refractivity contribution in [1.29, 1.82) is 0 Å². The molecule has 0 saturated carbocycles. The third-order valence-corrected chi connectivity index (χ3v) is 2.75. The molecule has 0 aliphatic heterocycles. The van der Waals surface area contributed by atoms with Gasteiger partial charge in [-0.25, -0.2) is 4.39 Å². The van der Waals surface area contributed by atoms with Gasteiger partial charge in [-0.05, 0) is 42.5 Å². The normalized spacial score (nSPS) is 10.5. The summed E-state index contributed by atoms with van der Waals surface area (Å²) in [6.45, 7) is -2.93. The Bertz CT molecular complexity index is 647. The zero-order valence-electron chi connectivity index (χ0n) is 10.4. The Morgan fingerprint density at radius 2 is 1.81 bits per heavy atom. The van der Waals surface area contributed by atoms with E-state index >= 15 is 0 Å². The molecule has 2 aromatic carbocycles. The summed E-state index contributed by atoms with van der Waals surface area (Å²) in [5.41, 5.74) is 0.0939. The van der Waals surface area contributed by atoms with Crippen molar-refractivity contribution < 1.29 is 22.7 Å². The second-order valence-corrected chi connectivity index (χ2v) is 4.42. The standard InChI is InChI=1S/C14H9ClF3NO2/c15-8-1-6-12(16)11(7-8)13(20)19-9-2-4-10(5-3-9)21-14(17)18/h1-7,14H,(H,19,20). The van der Waals surface area contributed by atoms with Crippen molar-refractivity contribution in [2.45, 2.75) is 6.61 Å². The molecule has 3 nitrogen and oxygen atoms in total. The first kappa shape index (κ1) is 15.2. The van der Waals surface area contributed by atoms with Crippen LogP contribution >= 0.6 is 11.6 Å². The molecule has 0 heterocycles. The summed E-state index contributed by atoms with van der Waals surface area (Å²) in [5.74, 6) is -1.45. The number of nitrogens with one attached hydrogen (secondary N) is 1.